The lowest BCUT2D eigenvalue weighted by atomic mass is 9.74. The molecule has 1 aliphatic carbocycles. The Morgan fingerprint density at radius 2 is 1.67 bits per heavy atom. The van der Waals surface area contributed by atoms with Crippen LogP contribution in [0.1, 0.15) is 55.5 Å². The van der Waals surface area contributed by atoms with Crippen molar-refractivity contribution in [3.63, 3.8) is 0 Å². The van der Waals surface area contributed by atoms with Gasteiger partial charge >= 0.3 is 6.18 Å². The maximum Gasteiger partial charge on any atom is 0.417 e. The third-order valence-corrected chi connectivity index (χ3v) is 4.58. The molecule has 0 radical (unpaired) electrons. The average molecular weight is 298 g/mol. The van der Waals surface area contributed by atoms with Gasteiger partial charge in [0.1, 0.15) is 0 Å². The Balaban J connectivity index is 2.15. The van der Waals surface area contributed by atoms with Gasteiger partial charge in [-0.3, -0.25) is 4.79 Å². The molecule has 0 amide bonds. The molecule has 0 spiro atoms. The predicted molar refractivity (Wildman–Crippen MR) is 76.1 cm³/mol. The molecule has 0 unspecified atom stereocenters. The largest absolute Gasteiger partial charge is 0.417 e. The smallest absolute Gasteiger partial charge is 0.294 e. The van der Waals surface area contributed by atoms with E-state index in [4.69, 9.17) is 0 Å². The van der Waals surface area contributed by atoms with Crippen molar-refractivity contribution >= 4 is 5.78 Å². The number of benzene rings is 1. The molecule has 21 heavy (non-hydrogen) atoms. The van der Waals surface area contributed by atoms with Gasteiger partial charge in [-0.2, -0.15) is 13.2 Å². The Labute approximate surface area is 123 Å². The second kappa shape index (κ2) is 6.20. The molecule has 0 atom stereocenters. The molecule has 0 heterocycles. The molecular weight excluding hydrogens is 277 g/mol. The third kappa shape index (κ3) is 3.66. The van der Waals surface area contributed by atoms with E-state index in [0.29, 0.717) is 24.7 Å². The Hall–Kier alpha value is -1.32. The van der Waals surface area contributed by atoms with E-state index in [1.54, 1.807) is 0 Å². The number of carbonyl (C=O) groups excluding carboxylic acids is 1. The van der Waals surface area contributed by atoms with Gasteiger partial charge in [-0.15, -0.1) is 0 Å². The molecule has 116 valence electrons. The monoisotopic (exact) mass is 298 g/mol. The van der Waals surface area contributed by atoms with Crippen LogP contribution in [0.3, 0.4) is 0 Å². The summed E-state index contributed by atoms with van der Waals surface area (Å²) in [5.41, 5.74) is -0.973. The van der Waals surface area contributed by atoms with Crippen LogP contribution in [0.2, 0.25) is 0 Å². The highest BCUT2D eigenvalue weighted by molar-refractivity contribution is 5.99. The van der Waals surface area contributed by atoms with Gasteiger partial charge in [0.05, 0.1) is 5.56 Å². The van der Waals surface area contributed by atoms with Gasteiger partial charge in [0.2, 0.25) is 0 Å². The van der Waals surface area contributed by atoms with Crippen molar-refractivity contribution < 1.29 is 18.0 Å². The minimum atomic E-state index is -4.47. The second-order valence-electron chi connectivity index (χ2n) is 6.26. The van der Waals surface area contributed by atoms with E-state index in [2.05, 4.69) is 13.8 Å². The van der Waals surface area contributed by atoms with Crippen molar-refractivity contribution in [1.82, 2.24) is 0 Å². The van der Waals surface area contributed by atoms with E-state index in [9.17, 15) is 18.0 Å². The van der Waals surface area contributed by atoms with E-state index in [-0.39, 0.29) is 17.3 Å². The first-order chi connectivity index (χ1) is 9.80. The van der Waals surface area contributed by atoms with E-state index in [0.717, 1.165) is 18.9 Å². The fourth-order valence-corrected chi connectivity index (χ4v) is 3.21. The van der Waals surface area contributed by atoms with Crippen LogP contribution in [-0.2, 0) is 6.18 Å². The van der Waals surface area contributed by atoms with Crippen molar-refractivity contribution in [3.05, 3.63) is 35.4 Å². The summed E-state index contributed by atoms with van der Waals surface area (Å²) in [6, 6.07) is 5.13. The van der Waals surface area contributed by atoms with E-state index in [1.165, 1.54) is 18.2 Å². The van der Waals surface area contributed by atoms with Crippen LogP contribution in [0.5, 0.6) is 0 Å². The molecule has 1 aliphatic rings. The summed E-state index contributed by atoms with van der Waals surface area (Å²) in [5, 5.41) is 0. The van der Waals surface area contributed by atoms with Crippen LogP contribution < -0.4 is 0 Å². The molecule has 0 aliphatic heterocycles. The fraction of sp³-hybridized carbons (Fsp3) is 0.588. The first kappa shape index (κ1) is 16.1. The van der Waals surface area contributed by atoms with Gasteiger partial charge in [-0.1, -0.05) is 32.0 Å². The lowest BCUT2D eigenvalue weighted by Gasteiger charge is -2.30. The van der Waals surface area contributed by atoms with Gasteiger partial charge in [-0.05, 0) is 43.6 Å². The molecule has 0 N–H and O–H groups in total. The first-order valence-electron chi connectivity index (χ1n) is 7.51. The highest BCUT2D eigenvalue weighted by Crippen LogP contribution is 2.37. The zero-order chi connectivity index (χ0) is 15.6. The Kier molecular flexibility index (Phi) is 4.74. The molecule has 0 bridgehead atoms. The third-order valence-electron chi connectivity index (χ3n) is 4.58. The van der Waals surface area contributed by atoms with Gasteiger partial charge in [-0.25, -0.2) is 0 Å². The fourth-order valence-electron chi connectivity index (χ4n) is 3.21. The highest BCUT2D eigenvalue weighted by atomic mass is 19.4. The van der Waals surface area contributed by atoms with Crippen LogP contribution in [0.25, 0.3) is 0 Å². The normalized spacial score (nSPS) is 23.3. The number of hydrogen-bond acceptors (Lipinski definition) is 1. The summed E-state index contributed by atoms with van der Waals surface area (Å²) >= 11 is 0. The minimum absolute atomic E-state index is 0.169. The highest BCUT2D eigenvalue weighted by Gasteiger charge is 2.37. The van der Waals surface area contributed by atoms with Crippen molar-refractivity contribution in [2.45, 2.75) is 45.7 Å². The summed E-state index contributed by atoms with van der Waals surface area (Å²) in [6.45, 7) is 4.32. The molecule has 0 aromatic heterocycles. The van der Waals surface area contributed by atoms with Crippen LogP contribution in [0, 0.1) is 17.8 Å². The maximum atomic E-state index is 13.0. The van der Waals surface area contributed by atoms with Crippen molar-refractivity contribution in [2.75, 3.05) is 0 Å². The Morgan fingerprint density at radius 3 is 2.19 bits per heavy atom. The first-order valence-corrected chi connectivity index (χ1v) is 7.51. The number of rotatable bonds is 3. The zero-order valence-corrected chi connectivity index (χ0v) is 12.4. The standard InChI is InChI=1S/C17H21F3O/c1-11(2)12-7-9-13(10-8-12)16(21)14-5-3-4-6-15(14)17(18,19)20/h3-6,11-13H,7-10H2,1-2H3. The number of halogens is 3. The zero-order valence-electron chi connectivity index (χ0n) is 12.4. The molecule has 1 saturated carbocycles. The van der Waals surface area contributed by atoms with Crippen molar-refractivity contribution in [2.24, 2.45) is 17.8 Å². The van der Waals surface area contributed by atoms with E-state index in [1.807, 2.05) is 0 Å². The summed E-state index contributed by atoms with van der Waals surface area (Å²) < 4.78 is 39.0. The molecule has 1 aromatic rings. The lowest BCUT2D eigenvalue weighted by Crippen LogP contribution is -2.26. The molecule has 4 heteroatoms. The number of ketones is 1. The topological polar surface area (TPSA) is 17.1 Å². The van der Waals surface area contributed by atoms with Gasteiger partial charge in [0, 0.05) is 11.5 Å². The molecule has 0 saturated heterocycles. The van der Waals surface area contributed by atoms with Crippen molar-refractivity contribution in [3.8, 4) is 0 Å². The van der Waals surface area contributed by atoms with Gasteiger partial charge < -0.3 is 0 Å². The molecule has 2 rings (SSSR count). The molecule has 1 aromatic carbocycles. The molecule has 1 nitrogen and oxygen atoms in total. The lowest BCUT2D eigenvalue weighted by molar-refractivity contribution is -0.137. The number of alkyl halides is 3. The van der Waals surface area contributed by atoms with Crippen LogP contribution in [0.4, 0.5) is 13.2 Å². The van der Waals surface area contributed by atoms with Crippen LogP contribution in [-0.4, -0.2) is 5.78 Å². The minimum Gasteiger partial charge on any atom is -0.294 e. The number of Topliss-reactive ketones (excluding diaryl/α,β-unsaturated/α-hetero) is 1. The Bertz CT molecular complexity index is 497. The summed E-state index contributed by atoms with van der Waals surface area (Å²) in [5.74, 6) is 0.559. The predicted octanol–water partition coefficient (Wildman–Crippen LogP) is 5.35. The van der Waals surface area contributed by atoms with Crippen molar-refractivity contribution in [1.29, 1.82) is 0 Å². The Morgan fingerprint density at radius 1 is 1.10 bits per heavy atom. The summed E-state index contributed by atoms with van der Waals surface area (Å²) in [6.07, 6.45) is -1.20. The SMILES string of the molecule is CC(C)C1CCC(C(=O)c2ccccc2C(F)(F)F)CC1. The van der Waals surface area contributed by atoms with E-state index >= 15 is 0 Å². The number of carbonyl (C=O) groups is 1. The van der Waals surface area contributed by atoms with Crippen LogP contribution >= 0.6 is 0 Å². The van der Waals surface area contributed by atoms with Gasteiger partial charge in [0.25, 0.3) is 0 Å². The van der Waals surface area contributed by atoms with Gasteiger partial charge in [0.15, 0.2) is 5.78 Å². The van der Waals surface area contributed by atoms with Crippen LogP contribution in [0.15, 0.2) is 24.3 Å². The maximum absolute atomic E-state index is 13.0. The molecular formula is C17H21F3O. The number of hydrogen-bond donors (Lipinski definition) is 0. The van der Waals surface area contributed by atoms with E-state index < -0.39 is 11.7 Å². The summed E-state index contributed by atoms with van der Waals surface area (Å²) in [4.78, 5) is 12.4. The average Bonchev–Trinajstić information content (AvgIpc) is 2.45. The summed E-state index contributed by atoms with van der Waals surface area (Å²) in [7, 11) is 0. The quantitative estimate of drug-likeness (QED) is 0.687. The second-order valence-corrected chi connectivity index (χ2v) is 6.26. The molecule has 1 fully saturated rings.